The zero-order chi connectivity index (χ0) is 11.9. The first-order chi connectivity index (χ1) is 8.34. The van der Waals surface area contributed by atoms with Gasteiger partial charge in [-0.15, -0.1) is 0 Å². The Hall–Kier alpha value is -2.00. The van der Waals surface area contributed by atoms with E-state index in [-0.39, 0.29) is 0 Å². The van der Waals surface area contributed by atoms with E-state index in [1.165, 1.54) is 11.1 Å². The Morgan fingerprint density at radius 3 is 2.53 bits per heavy atom. The van der Waals surface area contributed by atoms with E-state index in [4.69, 9.17) is 0 Å². The predicted molar refractivity (Wildman–Crippen MR) is 72.8 cm³/mol. The Kier molecular flexibility index (Phi) is 4.00. The molecule has 0 heteroatoms. The molecule has 17 heavy (non-hydrogen) atoms. The molecule has 0 unspecified atom stereocenters. The van der Waals surface area contributed by atoms with E-state index >= 15 is 0 Å². The summed E-state index contributed by atoms with van der Waals surface area (Å²) >= 11 is 0. The van der Waals surface area contributed by atoms with Crippen molar-refractivity contribution >= 4 is 0 Å². The maximum absolute atomic E-state index is 3.22. The zero-order valence-corrected chi connectivity index (χ0v) is 10.1. The highest BCUT2D eigenvalue weighted by atomic mass is 14.0. The third-order valence-corrected chi connectivity index (χ3v) is 2.63. The smallest absolute Gasteiger partial charge is 0.0245 e. The van der Waals surface area contributed by atoms with Gasteiger partial charge < -0.3 is 0 Å². The van der Waals surface area contributed by atoms with E-state index in [9.17, 15) is 0 Å². The lowest BCUT2D eigenvalue weighted by atomic mass is 10.1. The first kappa shape index (κ1) is 11.5. The summed E-state index contributed by atoms with van der Waals surface area (Å²) in [6.07, 6.45) is 1.94. The van der Waals surface area contributed by atoms with E-state index < -0.39 is 0 Å². The summed E-state index contributed by atoms with van der Waals surface area (Å²) in [4.78, 5) is 0. The van der Waals surface area contributed by atoms with Crippen LogP contribution >= 0.6 is 0 Å². The maximum atomic E-state index is 3.22. The van der Waals surface area contributed by atoms with Crippen molar-refractivity contribution < 1.29 is 0 Å². The molecule has 0 aliphatic carbocycles. The van der Waals surface area contributed by atoms with Crippen LogP contribution in [-0.2, 0) is 6.42 Å². The second-order valence-electron chi connectivity index (χ2n) is 4.16. The van der Waals surface area contributed by atoms with Gasteiger partial charge in [0.2, 0.25) is 0 Å². The molecular formula is C17H16. The van der Waals surface area contributed by atoms with Crippen LogP contribution in [0.1, 0.15) is 23.1 Å². The molecule has 0 atom stereocenters. The first-order valence-electron chi connectivity index (χ1n) is 5.94. The molecule has 2 aromatic carbocycles. The van der Waals surface area contributed by atoms with Gasteiger partial charge in [-0.25, -0.2) is 0 Å². The van der Waals surface area contributed by atoms with Crippen molar-refractivity contribution in [3.05, 3.63) is 71.3 Å². The number of aryl methyl sites for hydroxylation is 2. The van der Waals surface area contributed by atoms with Crippen molar-refractivity contribution in [3.8, 4) is 11.8 Å². The average molecular weight is 220 g/mol. The first-order valence-corrected chi connectivity index (χ1v) is 5.94. The van der Waals surface area contributed by atoms with Crippen molar-refractivity contribution in [1.82, 2.24) is 0 Å². The van der Waals surface area contributed by atoms with Gasteiger partial charge in [0.25, 0.3) is 0 Å². The molecule has 0 amide bonds. The van der Waals surface area contributed by atoms with Crippen LogP contribution in [0, 0.1) is 18.8 Å². The highest BCUT2D eigenvalue weighted by Crippen LogP contribution is 2.06. The molecule has 0 aromatic heterocycles. The molecule has 0 nitrogen and oxygen atoms in total. The number of hydrogen-bond acceptors (Lipinski definition) is 0. The molecule has 0 heterocycles. The summed E-state index contributed by atoms with van der Waals surface area (Å²) in [7, 11) is 0. The van der Waals surface area contributed by atoms with Crippen LogP contribution in [0.2, 0.25) is 0 Å². The normalized spacial score (nSPS) is 9.47. The number of benzene rings is 2. The van der Waals surface area contributed by atoms with Gasteiger partial charge in [-0.3, -0.25) is 0 Å². The van der Waals surface area contributed by atoms with Crippen LogP contribution in [0.4, 0.5) is 0 Å². The molecular weight excluding hydrogens is 204 g/mol. The maximum Gasteiger partial charge on any atom is 0.0245 e. The Balaban J connectivity index is 1.90. The zero-order valence-electron chi connectivity index (χ0n) is 10.1. The van der Waals surface area contributed by atoms with Crippen LogP contribution in [-0.4, -0.2) is 0 Å². The van der Waals surface area contributed by atoms with E-state index in [0.717, 1.165) is 18.4 Å². The molecule has 0 aliphatic rings. The van der Waals surface area contributed by atoms with Crippen LogP contribution in [0.25, 0.3) is 0 Å². The average Bonchev–Trinajstić information content (AvgIpc) is 2.36. The number of hydrogen-bond donors (Lipinski definition) is 0. The molecule has 0 spiro atoms. The molecule has 2 aromatic rings. The topological polar surface area (TPSA) is 0 Å². The van der Waals surface area contributed by atoms with Crippen molar-refractivity contribution in [2.75, 3.05) is 0 Å². The van der Waals surface area contributed by atoms with Crippen molar-refractivity contribution in [2.24, 2.45) is 0 Å². The monoisotopic (exact) mass is 220 g/mol. The SMILES string of the molecule is Cc1cccc(CCC#Cc2ccccc2)c1. The summed E-state index contributed by atoms with van der Waals surface area (Å²) in [5.74, 6) is 6.40. The highest BCUT2D eigenvalue weighted by molar-refractivity contribution is 5.33. The van der Waals surface area contributed by atoms with Crippen LogP contribution in [0.15, 0.2) is 54.6 Å². The summed E-state index contributed by atoms with van der Waals surface area (Å²) in [5.41, 5.74) is 3.78. The minimum absolute atomic E-state index is 0.915. The third-order valence-electron chi connectivity index (χ3n) is 2.63. The van der Waals surface area contributed by atoms with Crippen molar-refractivity contribution in [3.63, 3.8) is 0 Å². The van der Waals surface area contributed by atoms with E-state index in [1.54, 1.807) is 0 Å². The molecule has 0 N–H and O–H groups in total. The molecule has 84 valence electrons. The van der Waals surface area contributed by atoms with Gasteiger partial charge in [-0.05, 0) is 31.0 Å². The largest absolute Gasteiger partial charge is 0.0975 e. The molecule has 0 saturated carbocycles. The summed E-state index contributed by atoms with van der Waals surface area (Å²) < 4.78 is 0. The van der Waals surface area contributed by atoms with Gasteiger partial charge in [-0.1, -0.05) is 59.9 Å². The Labute approximate surface area is 103 Å². The lowest BCUT2D eigenvalue weighted by Gasteiger charge is -1.98. The Morgan fingerprint density at radius 1 is 0.941 bits per heavy atom. The molecule has 0 fully saturated rings. The van der Waals surface area contributed by atoms with Gasteiger partial charge in [-0.2, -0.15) is 0 Å². The molecule has 0 saturated heterocycles. The fraction of sp³-hybridized carbons (Fsp3) is 0.176. The van der Waals surface area contributed by atoms with Crippen molar-refractivity contribution in [2.45, 2.75) is 19.8 Å². The van der Waals surface area contributed by atoms with Gasteiger partial charge in [0, 0.05) is 12.0 Å². The van der Waals surface area contributed by atoms with Crippen LogP contribution < -0.4 is 0 Å². The standard InChI is InChI=1S/C17H16/c1-15-8-7-13-17(14-15)12-6-5-11-16-9-3-2-4-10-16/h2-4,7-10,13-14H,6,12H2,1H3. The van der Waals surface area contributed by atoms with Gasteiger partial charge in [0.15, 0.2) is 0 Å². The molecule has 0 aliphatic heterocycles. The minimum Gasteiger partial charge on any atom is -0.0975 e. The fourth-order valence-electron chi connectivity index (χ4n) is 1.76. The van der Waals surface area contributed by atoms with E-state index in [0.29, 0.717) is 0 Å². The van der Waals surface area contributed by atoms with Gasteiger partial charge in [0.1, 0.15) is 0 Å². The Bertz CT molecular complexity index is 527. The Morgan fingerprint density at radius 2 is 1.76 bits per heavy atom. The van der Waals surface area contributed by atoms with Crippen LogP contribution in [0.3, 0.4) is 0 Å². The lowest BCUT2D eigenvalue weighted by Crippen LogP contribution is -1.84. The second-order valence-corrected chi connectivity index (χ2v) is 4.16. The lowest BCUT2D eigenvalue weighted by molar-refractivity contribution is 1.02. The number of rotatable bonds is 2. The summed E-state index contributed by atoms with van der Waals surface area (Å²) in [6, 6.07) is 18.8. The van der Waals surface area contributed by atoms with Crippen LogP contribution in [0.5, 0.6) is 0 Å². The fourth-order valence-corrected chi connectivity index (χ4v) is 1.76. The predicted octanol–water partition coefficient (Wildman–Crippen LogP) is 3.98. The van der Waals surface area contributed by atoms with Crippen molar-refractivity contribution in [1.29, 1.82) is 0 Å². The second kappa shape index (κ2) is 5.92. The van der Waals surface area contributed by atoms with E-state index in [2.05, 4.69) is 43.0 Å². The summed E-state index contributed by atoms with van der Waals surface area (Å²) in [6.45, 7) is 2.12. The molecule has 0 radical (unpaired) electrons. The van der Waals surface area contributed by atoms with Gasteiger partial charge in [0.05, 0.1) is 0 Å². The molecule has 0 bridgehead atoms. The van der Waals surface area contributed by atoms with E-state index in [1.807, 2.05) is 30.3 Å². The molecule has 2 rings (SSSR count). The quantitative estimate of drug-likeness (QED) is 0.671. The minimum atomic E-state index is 0.915. The summed E-state index contributed by atoms with van der Waals surface area (Å²) in [5, 5.41) is 0. The third kappa shape index (κ3) is 3.81. The highest BCUT2D eigenvalue weighted by Gasteiger charge is 1.91. The van der Waals surface area contributed by atoms with Gasteiger partial charge >= 0.3 is 0 Å².